The molecule has 0 radical (unpaired) electrons. The summed E-state index contributed by atoms with van der Waals surface area (Å²) in [5.41, 5.74) is 0. The number of hydrogen-bond donors (Lipinski definition) is 4. The number of phosphoric acid groups is 1. The highest BCUT2D eigenvalue weighted by Gasteiger charge is 2.51. The molecule has 2 rings (SSSR count). The highest BCUT2D eigenvalue weighted by atomic mass is 32.1. The van der Waals surface area contributed by atoms with Gasteiger partial charge in [0.15, 0.2) is 23.6 Å². The van der Waals surface area contributed by atoms with E-state index in [4.69, 9.17) is 49.9 Å². The summed E-state index contributed by atoms with van der Waals surface area (Å²) in [7, 11) is -0.228. The van der Waals surface area contributed by atoms with Gasteiger partial charge in [-0.1, -0.05) is 0 Å². The first kappa shape index (κ1) is 41.7. The minimum absolute atomic E-state index is 0.140. The van der Waals surface area contributed by atoms with Crippen molar-refractivity contribution >= 4 is 49.0 Å². The van der Waals surface area contributed by atoms with Gasteiger partial charge >= 0.3 is 25.7 Å². The molecule has 276 valence electrons. The SMILES string of the molecule is COC[C@H]1C[C@@H](NC(=S)NCCCCO[C@@H]2O[C@H](COC(C)=O)[C@H](OC(C)=O)[C@H](OC(C)=O)[C@H]2NC(C)=O)[C@@H](OC)C1OP(=O)(O)OC. The van der Waals surface area contributed by atoms with Gasteiger partial charge < -0.3 is 54.0 Å². The van der Waals surface area contributed by atoms with Crippen molar-refractivity contribution in [2.45, 2.75) is 95.9 Å². The van der Waals surface area contributed by atoms with E-state index < -0.39 is 74.5 Å². The number of phosphoric ester groups is 1. The second kappa shape index (κ2) is 20.3. The Balaban J connectivity index is 1.98. The van der Waals surface area contributed by atoms with Crippen molar-refractivity contribution in [3.63, 3.8) is 0 Å². The number of nitrogens with one attached hydrogen (secondary N) is 3. The van der Waals surface area contributed by atoms with Crippen molar-refractivity contribution in [3.05, 3.63) is 0 Å². The predicted molar refractivity (Wildman–Crippen MR) is 169 cm³/mol. The van der Waals surface area contributed by atoms with Crippen LogP contribution in [0.2, 0.25) is 0 Å². The molecule has 1 amide bonds. The van der Waals surface area contributed by atoms with E-state index >= 15 is 0 Å². The zero-order chi connectivity index (χ0) is 36.0. The minimum atomic E-state index is -4.29. The molecular formula is C28H48N3O15PS. The number of unbranched alkanes of at least 4 members (excludes halogenated alkanes) is 1. The van der Waals surface area contributed by atoms with Gasteiger partial charge in [-0.3, -0.25) is 28.2 Å². The number of rotatable bonds is 18. The normalized spacial score (nSPS) is 29.6. The molecule has 1 heterocycles. The van der Waals surface area contributed by atoms with Crippen LogP contribution in [0.3, 0.4) is 0 Å². The van der Waals surface area contributed by atoms with E-state index in [-0.39, 0.29) is 31.8 Å². The Labute approximate surface area is 285 Å². The molecule has 10 atom stereocenters. The van der Waals surface area contributed by atoms with Gasteiger partial charge in [-0.05, 0) is 31.5 Å². The topological polar surface area (TPSA) is 225 Å². The largest absolute Gasteiger partial charge is 0.472 e. The van der Waals surface area contributed by atoms with E-state index in [1.54, 1.807) is 0 Å². The molecule has 0 aromatic rings. The molecule has 0 spiro atoms. The third kappa shape index (κ3) is 13.4. The molecule has 1 aliphatic carbocycles. The van der Waals surface area contributed by atoms with E-state index in [9.17, 15) is 28.6 Å². The number of ether oxygens (including phenoxy) is 7. The minimum Gasteiger partial charge on any atom is -0.463 e. The van der Waals surface area contributed by atoms with E-state index in [1.165, 1.54) is 28.1 Å². The average molecular weight is 730 g/mol. The Kier molecular flexibility index (Phi) is 17.6. The van der Waals surface area contributed by atoms with Gasteiger partial charge in [0.05, 0.1) is 12.6 Å². The molecule has 0 aromatic carbocycles. The Morgan fingerprint density at radius 1 is 0.896 bits per heavy atom. The molecule has 0 aromatic heterocycles. The van der Waals surface area contributed by atoms with Crippen molar-refractivity contribution in [2.75, 3.05) is 47.7 Å². The fraction of sp³-hybridized carbons (Fsp3) is 0.821. The number of methoxy groups -OCH3 is 2. The zero-order valence-corrected chi connectivity index (χ0v) is 29.9. The van der Waals surface area contributed by atoms with Crippen LogP contribution >= 0.6 is 20.0 Å². The van der Waals surface area contributed by atoms with Gasteiger partial charge in [0, 0.05) is 68.1 Å². The molecule has 18 nitrogen and oxygen atoms in total. The van der Waals surface area contributed by atoms with Crippen molar-refractivity contribution in [2.24, 2.45) is 5.92 Å². The zero-order valence-electron chi connectivity index (χ0n) is 28.2. The molecule has 2 unspecified atom stereocenters. The molecule has 2 aliphatic rings. The van der Waals surface area contributed by atoms with Crippen LogP contribution in [-0.2, 0) is 65.9 Å². The van der Waals surface area contributed by atoms with Crippen LogP contribution < -0.4 is 16.0 Å². The molecule has 0 bridgehead atoms. The van der Waals surface area contributed by atoms with E-state index in [1.807, 2.05) is 0 Å². The molecule has 1 aliphatic heterocycles. The molecule has 20 heteroatoms. The monoisotopic (exact) mass is 729 g/mol. The van der Waals surface area contributed by atoms with Crippen LogP contribution in [0.5, 0.6) is 0 Å². The van der Waals surface area contributed by atoms with Crippen molar-refractivity contribution in [3.8, 4) is 0 Å². The number of esters is 3. The number of hydrogen-bond acceptors (Lipinski definition) is 15. The summed E-state index contributed by atoms with van der Waals surface area (Å²) in [5, 5.41) is 9.25. The summed E-state index contributed by atoms with van der Waals surface area (Å²) in [6.07, 6.45) is -4.49. The van der Waals surface area contributed by atoms with Crippen LogP contribution in [0.4, 0.5) is 0 Å². The Bertz CT molecular complexity index is 1150. The van der Waals surface area contributed by atoms with Crippen molar-refractivity contribution in [1.82, 2.24) is 16.0 Å². The fourth-order valence-electron chi connectivity index (χ4n) is 5.53. The second-order valence-corrected chi connectivity index (χ2v) is 13.1. The maximum Gasteiger partial charge on any atom is 0.472 e. The molecule has 2 fully saturated rings. The third-order valence-corrected chi connectivity index (χ3v) is 8.64. The Hall–Kier alpha value is -2.48. The number of carbonyl (C=O) groups is 4. The van der Waals surface area contributed by atoms with Crippen molar-refractivity contribution in [1.29, 1.82) is 0 Å². The first-order valence-electron chi connectivity index (χ1n) is 15.3. The lowest BCUT2D eigenvalue weighted by Crippen LogP contribution is -2.66. The quantitative estimate of drug-likeness (QED) is 0.0482. The van der Waals surface area contributed by atoms with Gasteiger partial charge in [-0.2, -0.15) is 0 Å². The highest BCUT2D eigenvalue weighted by molar-refractivity contribution is 7.80. The first-order valence-corrected chi connectivity index (χ1v) is 17.2. The highest BCUT2D eigenvalue weighted by Crippen LogP contribution is 2.48. The Morgan fingerprint density at radius 3 is 2.12 bits per heavy atom. The summed E-state index contributed by atoms with van der Waals surface area (Å²) < 4.78 is 60.8. The number of carbonyl (C=O) groups excluding carboxylic acids is 4. The average Bonchev–Trinajstić information content (AvgIpc) is 3.30. The lowest BCUT2D eigenvalue weighted by molar-refractivity contribution is -0.277. The molecule has 1 saturated heterocycles. The van der Waals surface area contributed by atoms with E-state index in [2.05, 4.69) is 20.5 Å². The standard InChI is InChI=1S/C28H48N3O15PS/c1-15(32)30-22-26(44-18(4)35)25(43-17(3)34)21(14-42-16(2)33)45-27(22)41-11-9-8-10-29-28(48)31-20-12-19(13-38-5)23(24(20)39-6)46-47(36,37)40-7/h19-27H,8-14H2,1-7H3,(H,30,32)(H,36,37)(H2,29,31,48)/t19-,20-,21-,22-,23?,24-,25+,26-,27-/m1/s1. The van der Waals surface area contributed by atoms with E-state index in [0.717, 1.165) is 21.0 Å². The van der Waals surface area contributed by atoms with Crippen LogP contribution in [0, 0.1) is 5.92 Å². The molecular weight excluding hydrogens is 681 g/mol. The maximum absolute atomic E-state index is 12.1. The van der Waals surface area contributed by atoms with Crippen LogP contribution in [0.15, 0.2) is 0 Å². The smallest absolute Gasteiger partial charge is 0.463 e. The van der Waals surface area contributed by atoms with Gasteiger partial charge in [-0.15, -0.1) is 0 Å². The number of amides is 1. The van der Waals surface area contributed by atoms with Crippen LogP contribution in [0.25, 0.3) is 0 Å². The van der Waals surface area contributed by atoms with Crippen LogP contribution in [0.1, 0.15) is 47.0 Å². The maximum atomic E-state index is 12.1. The van der Waals surface area contributed by atoms with Crippen LogP contribution in [-0.4, -0.2) is 130 Å². The van der Waals surface area contributed by atoms with Crippen molar-refractivity contribution < 1.29 is 70.8 Å². The van der Waals surface area contributed by atoms with Gasteiger partial charge in [-0.25, -0.2) is 4.57 Å². The fourth-order valence-corrected chi connectivity index (χ4v) is 6.47. The summed E-state index contributed by atoms with van der Waals surface area (Å²) in [5.74, 6) is -2.76. The lowest BCUT2D eigenvalue weighted by atomic mass is 9.96. The Morgan fingerprint density at radius 2 is 1.56 bits per heavy atom. The summed E-state index contributed by atoms with van der Waals surface area (Å²) in [6, 6.07) is -1.41. The number of thiocarbonyl (C=S) groups is 1. The molecule has 1 saturated carbocycles. The van der Waals surface area contributed by atoms with Gasteiger partial charge in [0.2, 0.25) is 5.91 Å². The molecule has 4 N–H and O–H groups in total. The van der Waals surface area contributed by atoms with E-state index in [0.29, 0.717) is 30.9 Å². The first-order chi connectivity index (χ1) is 22.6. The summed E-state index contributed by atoms with van der Waals surface area (Å²) in [4.78, 5) is 57.4. The predicted octanol–water partition coefficient (Wildman–Crippen LogP) is 0.0853. The lowest BCUT2D eigenvalue weighted by Gasteiger charge is -2.44. The third-order valence-electron chi connectivity index (χ3n) is 7.41. The van der Waals surface area contributed by atoms with Gasteiger partial charge in [0.25, 0.3) is 0 Å². The second-order valence-electron chi connectivity index (χ2n) is 11.2. The van der Waals surface area contributed by atoms with Gasteiger partial charge in [0.1, 0.15) is 31.0 Å². The summed E-state index contributed by atoms with van der Waals surface area (Å²) >= 11 is 5.46. The summed E-state index contributed by atoms with van der Waals surface area (Å²) in [6.45, 7) is 5.28. The molecule has 48 heavy (non-hydrogen) atoms.